The first-order chi connectivity index (χ1) is 7.36. The molecule has 1 heterocycles. The zero-order valence-electron chi connectivity index (χ0n) is 9.66. The van der Waals surface area contributed by atoms with Gasteiger partial charge in [-0.05, 0) is 37.3 Å². The first-order valence-corrected chi connectivity index (χ1v) is 6.49. The molecule has 0 bridgehead atoms. The van der Waals surface area contributed by atoms with Crippen molar-refractivity contribution in [3.63, 3.8) is 0 Å². The standard InChI is InChI=1S/C12H21NOS/c1-3-13-11(10-14-2)6-4-7-12-8-5-9-15-12/h5,8-9,11,13H,3-4,6-7,10H2,1-2H3. The van der Waals surface area contributed by atoms with Gasteiger partial charge in [-0.3, -0.25) is 0 Å². The summed E-state index contributed by atoms with van der Waals surface area (Å²) in [4.78, 5) is 1.49. The lowest BCUT2D eigenvalue weighted by molar-refractivity contribution is 0.162. The molecule has 0 aliphatic heterocycles. The Morgan fingerprint density at radius 2 is 2.40 bits per heavy atom. The van der Waals surface area contributed by atoms with Gasteiger partial charge in [0, 0.05) is 18.0 Å². The van der Waals surface area contributed by atoms with E-state index in [-0.39, 0.29) is 0 Å². The van der Waals surface area contributed by atoms with Gasteiger partial charge >= 0.3 is 0 Å². The predicted octanol–water partition coefficient (Wildman–Crippen LogP) is 2.70. The van der Waals surface area contributed by atoms with Crippen LogP contribution >= 0.6 is 11.3 Å². The Bertz CT molecular complexity index is 230. The normalized spacial score (nSPS) is 12.9. The van der Waals surface area contributed by atoms with E-state index < -0.39 is 0 Å². The van der Waals surface area contributed by atoms with Crippen LogP contribution in [-0.2, 0) is 11.2 Å². The van der Waals surface area contributed by atoms with Crippen molar-refractivity contribution in [1.82, 2.24) is 5.32 Å². The van der Waals surface area contributed by atoms with Gasteiger partial charge in [0.2, 0.25) is 0 Å². The molecule has 0 saturated carbocycles. The van der Waals surface area contributed by atoms with Crippen molar-refractivity contribution in [2.24, 2.45) is 0 Å². The quantitative estimate of drug-likeness (QED) is 0.737. The first-order valence-electron chi connectivity index (χ1n) is 5.61. The van der Waals surface area contributed by atoms with E-state index in [1.807, 2.05) is 11.3 Å². The second kappa shape index (κ2) is 7.85. The fourth-order valence-electron chi connectivity index (χ4n) is 1.71. The maximum Gasteiger partial charge on any atom is 0.0615 e. The van der Waals surface area contributed by atoms with Gasteiger partial charge < -0.3 is 10.1 Å². The topological polar surface area (TPSA) is 21.3 Å². The van der Waals surface area contributed by atoms with Gasteiger partial charge in [-0.2, -0.15) is 0 Å². The van der Waals surface area contributed by atoms with E-state index in [2.05, 4.69) is 29.8 Å². The second-order valence-corrected chi connectivity index (χ2v) is 4.71. The van der Waals surface area contributed by atoms with E-state index >= 15 is 0 Å². The van der Waals surface area contributed by atoms with Crippen LogP contribution in [0.25, 0.3) is 0 Å². The average molecular weight is 227 g/mol. The van der Waals surface area contributed by atoms with Gasteiger partial charge in [0.1, 0.15) is 0 Å². The van der Waals surface area contributed by atoms with Gasteiger partial charge in [0.15, 0.2) is 0 Å². The van der Waals surface area contributed by atoms with Crippen LogP contribution in [0.15, 0.2) is 17.5 Å². The molecule has 0 radical (unpaired) electrons. The number of likely N-dealkylation sites (N-methyl/N-ethyl adjacent to an activating group) is 1. The smallest absolute Gasteiger partial charge is 0.0615 e. The maximum absolute atomic E-state index is 5.18. The lowest BCUT2D eigenvalue weighted by atomic mass is 10.1. The molecule has 1 N–H and O–H groups in total. The summed E-state index contributed by atoms with van der Waals surface area (Å²) < 4.78 is 5.18. The monoisotopic (exact) mass is 227 g/mol. The highest BCUT2D eigenvalue weighted by atomic mass is 32.1. The first kappa shape index (κ1) is 12.7. The summed E-state index contributed by atoms with van der Waals surface area (Å²) >= 11 is 1.85. The van der Waals surface area contributed by atoms with Gasteiger partial charge in [-0.15, -0.1) is 11.3 Å². The number of methoxy groups -OCH3 is 1. The molecule has 1 aromatic heterocycles. The zero-order chi connectivity index (χ0) is 10.9. The van der Waals surface area contributed by atoms with Crippen molar-refractivity contribution in [3.05, 3.63) is 22.4 Å². The summed E-state index contributed by atoms with van der Waals surface area (Å²) in [6.45, 7) is 3.98. The number of hydrogen-bond donors (Lipinski definition) is 1. The number of aryl methyl sites for hydroxylation is 1. The summed E-state index contributed by atoms with van der Waals surface area (Å²) in [5.74, 6) is 0. The molecule has 0 amide bonds. The van der Waals surface area contributed by atoms with Crippen LogP contribution < -0.4 is 5.32 Å². The lowest BCUT2D eigenvalue weighted by Gasteiger charge is -2.16. The molecular formula is C12H21NOS. The molecule has 0 aliphatic rings. The van der Waals surface area contributed by atoms with Gasteiger partial charge in [-0.25, -0.2) is 0 Å². The molecule has 1 aromatic rings. The van der Waals surface area contributed by atoms with Crippen molar-refractivity contribution in [3.8, 4) is 0 Å². The fraction of sp³-hybridized carbons (Fsp3) is 0.667. The van der Waals surface area contributed by atoms with Crippen LogP contribution in [0.1, 0.15) is 24.6 Å². The van der Waals surface area contributed by atoms with Gasteiger partial charge in [0.25, 0.3) is 0 Å². The predicted molar refractivity (Wildman–Crippen MR) is 66.6 cm³/mol. The molecule has 2 nitrogen and oxygen atoms in total. The zero-order valence-corrected chi connectivity index (χ0v) is 10.5. The highest BCUT2D eigenvalue weighted by Gasteiger charge is 2.06. The summed E-state index contributed by atoms with van der Waals surface area (Å²) in [6, 6.07) is 4.85. The van der Waals surface area contributed by atoms with Crippen LogP contribution in [0.4, 0.5) is 0 Å². The molecule has 0 fully saturated rings. The van der Waals surface area contributed by atoms with Crippen LogP contribution in [0.2, 0.25) is 0 Å². The Morgan fingerprint density at radius 3 is 3.00 bits per heavy atom. The minimum absolute atomic E-state index is 0.514. The fourth-order valence-corrected chi connectivity index (χ4v) is 2.46. The largest absolute Gasteiger partial charge is 0.383 e. The van der Waals surface area contributed by atoms with Crippen molar-refractivity contribution in [2.45, 2.75) is 32.2 Å². The molecule has 0 saturated heterocycles. The molecule has 1 rings (SSSR count). The SMILES string of the molecule is CCNC(CCCc1cccs1)COC. The molecule has 15 heavy (non-hydrogen) atoms. The van der Waals surface area contributed by atoms with Crippen LogP contribution in [0.5, 0.6) is 0 Å². The summed E-state index contributed by atoms with van der Waals surface area (Å²) in [5.41, 5.74) is 0. The van der Waals surface area contributed by atoms with Crippen LogP contribution in [0, 0.1) is 0 Å². The summed E-state index contributed by atoms with van der Waals surface area (Å²) in [7, 11) is 1.77. The van der Waals surface area contributed by atoms with Crippen molar-refractivity contribution in [2.75, 3.05) is 20.3 Å². The highest BCUT2D eigenvalue weighted by molar-refractivity contribution is 7.09. The minimum atomic E-state index is 0.514. The molecule has 0 aliphatic carbocycles. The Labute approximate surface area is 96.7 Å². The van der Waals surface area contributed by atoms with E-state index in [0.29, 0.717) is 6.04 Å². The van der Waals surface area contributed by atoms with Crippen molar-refractivity contribution < 1.29 is 4.74 Å². The van der Waals surface area contributed by atoms with Crippen molar-refractivity contribution >= 4 is 11.3 Å². The van der Waals surface area contributed by atoms with Crippen LogP contribution in [0.3, 0.4) is 0 Å². The van der Waals surface area contributed by atoms with Crippen molar-refractivity contribution in [1.29, 1.82) is 0 Å². The van der Waals surface area contributed by atoms with E-state index in [1.54, 1.807) is 7.11 Å². The van der Waals surface area contributed by atoms with Gasteiger partial charge in [-0.1, -0.05) is 13.0 Å². The molecule has 1 atom stereocenters. The molecule has 0 aromatic carbocycles. The van der Waals surface area contributed by atoms with E-state index in [1.165, 1.54) is 24.1 Å². The Kier molecular flexibility index (Phi) is 6.64. The Hall–Kier alpha value is -0.380. The molecule has 86 valence electrons. The average Bonchev–Trinajstić information content (AvgIpc) is 2.71. The highest BCUT2D eigenvalue weighted by Crippen LogP contribution is 2.12. The number of hydrogen-bond acceptors (Lipinski definition) is 3. The Morgan fingerprint density at radius 1 is 1.53 bits per heavy atom. The summed E-state index contributed by atoms with van der Waals surface area (Å²) in [5, 5.41) is 5.59. The van der Waals surface area contributed by atoms with E-state index in [9.17, 15) is 0 Å². The second-order valence-electron chi connectivity index (χ2n) is 3.68. The Balaban J connectivity index is 2.15. The number of ether oxygens (including phenoxy) is 1. The third kappa shape index (κ3) is 5.30. The number of rotatable bonds is 8. The molecule has 0 spiro atoms. The lowest BCUT2D eigenvalue weighted by Crippen LogP contribution is -2.33. The molecule has 1 unspecified atom stereocenters. The summed E-state index contributed by atoms with van der Waals surface area (Å²) in [6.07, 6.45) is 3.63. The third-order valence-corrected chi connectivity index (χ3v) is 3.35. The minimum Gasteiger partial charge on any atom is -0.383 e. The van der Waals surface area contributed by atoms with E-state index in [0.717, 1.165) is 13.2 Å². The molecule has 3 heteroatoms. The maximum atomic E-state index is 5.18. The molecular weight excluding hydrogens is 206 g/mol. The van der Waals surface area contributed by atoms with E-state index in [4.69, 9.17) is 4.74 Å². The van der Waals surface area contributed by atoms with Crippen LogP contribution in [-0.4, -0.2) is 26.3 Å². The number of nitrogens with one attached hydrogen (secondary N) is 1. The number of thiophene rings is 1. The third-order valence-electron chi connectivity index (χ3n) is 2.42. The van der Waals surface area contributed by atoms with Gasteiger partial charge in [0.05, 0.1) is 6.61 Å².